The summed E-state index contributed by atoms with van der Waals surface area (Å²) in [6, 6.07) is 6.52. The highest BCUT2D eigenvalue weighted by molar-refractivity contribution is 5.85. The maximum atomic E-state index is 13.2. The molecule has 2 saturated carbocycles. The van der Waals surface area contributed by atoms with Crippen molar-refractivity contribution < 1.29 is 18.7 Å². The minimum absolute atomic E-state index is 0.0245. The monoisotopic (exact) mass is 385 g/mol. The molecule has 0 saturated heterocycles. The number of benzene rings is 1. The van der Waals surface area contributed by atoms with Crippen molar-refractivity contribution >= 4 is 16.9 Å². The van der Waals surface area contributed by atoms with Crippen molar-refractivity contribution in [1.29, 1.82) is 0 Å². The SMILES string of the molecule is COCCCOc1cc(C(C)N(C(=O)C2CCCC2)C2CC2)cc2occc12. The molecule has 2 aliphatic carbocycles. The molecular weight excluding hydrogens is 354 g/mol. The summed E-state index contributed by atoms with van der Waals surface area (Å²) in [5, 5.41) is 0.980. The molecule has 0 aliphatic heterocycles. The first-order valence-corrected chi connectivity index (χ1v) is 10.6. The lowest BCUT2D eigenvalue weighted by molar-refractivity contribution is -0.138. The van der Waals surface area contributed by atoms with Gasteiger partial charge in [0, 0.05) is 32.1 Å². The largest absolute Gasteiger partial charge is 0.493 e. The van der Waals surface area contributed by atoms with Gasteiger partial charge in [0.05, 0.1) is 24.3 Å². The number of ether oxygens (including phenoxy) is 2. The first-order valence-electron chi connectivity index (χ1n) is 10.6. The Morgan fingerprint density at radius 3 is 2.71 bits per heavy atom. The Hall–Kier alpha value is -2.01. The van der Waals surface area contributed by atoms with Crippen LogP contribution < -0.4 is 4.74 Å². The Balaban J connectivity index is 1.58. The lowest BCUT2D eigenvalue weighted by Gasteiger charge is -2.32. The quantitative estimate of drug-likeness (QED) is 0.564. The van der Waals surface area contributed by atoms with Gasteiger partial charge >= 0.3 is 0 Å². The molecule has 2 aliphatic rings. The Kier molecular flexibility index (Phi) is 5.90. The molecular formula is C23H31NO4. The molecule has 1 unspecified atom stereocenters. The second-order valence-electron chi connectivity index (χ2n) is 8.18. The molecule has 0 N–H and O–H groups in total. The number of fused-ring (bicyclic) bond motifs is 1. The standard InChI is InChI=1S/C23H31NO4/c1-16(24(19-8-9-19)23(25)17-6-3-4-7-17)18-14-21(27-12-5-11-26-2)20-10-13-28-22(20)15-18/h10,13-17,19H,3-9,11-12H2,1-2H3. The van der Waals surface area contributed by atoms with Gasteiger partial charge in [0.25, 0.3) is 0 Å². The maximum Gasteiger partial charge on any atom is 0.226 e. The lowest BCUT2D eigenvalue weighted by atomic mass is 10.0. The van der Waals surface area contributed by atoms with Crippen molar-refractivity contribution in [3.05, 3.63) is 30.0 Å². The Morgan fingerprint density at radius 2 is 2.00 bits per heavy atom. The number of rotatable bonds is 9. The molecule has 4 rings (SSSR count). The number of amides is 1. The molecule has 0 spiro atoms. The third-order valence-corrected chi connectivity index (χ3v) is 6.11. The highest BCUT2D eigenvalue weighted by atomic mass is 16.5. The average Bonchev–Trinajstić information content (AvgIpc) is 3.19. The summed E-state index contributed by atoms with van der Waals surface area (Å²) in [7, 11) is 1.70. The number of carbonyl (C=O) groups is 1. The van der Waals surface area contributed by atoms with E-state index in [4.69, 9.17) is 13.9 Å². The third-order valence-electron chi connectivity index (χ3n) is 6.11. The molecule has 1 aromatic carbocycles. The van der Waals surface area contributed by atoms with Crippen LogP contribution in [0.2, 0.25) is 0 Å². The van der Waals surface area contributed by atoms with E-state index in [9.17, 15) is 4.79 Å². The summed E-state index contributed by atoms with van der Waals surface area (Å²) in [5.41, 5.74) is 1.90. The van der Waals surface area contributed by atoms with Crippen LogP contribution in [-0.4, -0.2) is 37.2 Å². The van der Waals surface area contributed by atoms with E-state index in [2.05, 4.69) is 24.0 Å². The van der Waals surface area contributed by atoms with Crippen molar-refractivity contribution in [3.8, 4) is 5.75 Å². The van der Waals surface area contributed by atoms with Gasteiger partial charge in [-0.05, 0) is 56.4 Å². The van der Waals surface area contributed by atoms with Gasteiger partial charge in [-0.3, -0.25) is 4.79 Å². The van der Waals surface area contributed by atoms with Crippen LogP contribution in [0.25, 0.3) is 11.0 Å². The molecule has 152 valence electrons. The van der Waals surface area contributed by atoms with E-state index in [1.807, 2.05) is 6.07 Å². The number of hydrogen-bond acceptors (Lipinski definition) is 4. The zero-order chi connectivity index (χ0) is 19.5. The molecule has 2 aromatic rings. The number of furan rings is 1. The number of hydrogen-bond donors (Lipinski definition) is 0. The van der Waals surface area contributed by atoms with Gasteiger partial charge in [-0.2, -0.15) is 0 Å². The smallest absolute Gasteiger partial charge is 0.226 e. The van der Waals surface area contributed by atoms with Crippen LogP contribution in [0.1, 0.15) is 63.5 Å². The van der Waals surface area contributed by atoms with Gasteiger partial charge in [-0.25, -0.2) is 0 Å². The summed E-state index contributed by atoms with van der Waals surface area (Å²) in [5.74, 6) is 1.38. The van der Waals surface area contributed by atoms with Gasteiger partial charge in [-0.1, -0.05) is 12.8 Å². The van der Waals surface area contributed by atoms with E-state index in [-0.39, 0.29) is 12.0 Å². The predicted octanol–water partition coefficient (Wildman–Crippen LogP) is 5.09. The fourth-order valence-corrected chi connectivity index (χ4v) is 4.39. The van der Waals surface area contributed by atoms with Crippen LogP contribution in [0.5, 0.6) is 5.75 Å². The highest BCUT2D eigenvalue weighted by Crippen LogP contribution is 2.40. The summed E-state index contributed by atoms with van der Waals surface area (Å²) in [4.78, 5) is 15.4. The zero-order valence-electron chi connectivity index (χ0n) is 17.0. The predicted molar refractivity (Wildman–Crippen MR) is 108 cm³/mol. The van der Waals surface area contributed by atoms with E-state index >= 15 is 0 Å². The number of methoxy groups -OCH3 is 1. The van der Waals surface area contributed by atoms with Crippen LogP contribution in [0.3, 0.4) is 0 Å². The van der Waals surface area contributed by atoms with Crippen molar-refractivity contribution in [2.45, 2.75) is 64.0 Å². The molecule has 0 bridgehead atoms. The van der Waals surface area contributed by atoms with E-state index in [1.165, 1.54) is 12.8 Å². The molecule has 1 amide bonds. The van der Waals surface area contributed by atoms with Crippen molar-refractivity contribution in [2.75, 3.05) is 20.3 Å². The third kappa shape index (κ3) is 4.04. The fourth-order valence-electron chi connectivity index (χ4n) is 4.39. The van der Waals surface area contributed by atoms with E-state index < -0.39 is 0 Å². The van der Waals surface area contributed by atoms with E-state index in [0.717, 1.165) is 54.4 Å². The molecule has 5 heteroatoms. The second-order valence-corrected chi connectivity index (χ2v) is 8.18. The summed E-state index contributed by atoms with van der Waals surface area (Å²) >= 11 is 0. The molecule has 28 heavy (non-hydrogen) atoms. The normalized spacial score (nSPS) is 18.5. The molecule has 1 atom stereocenters. The minimum atomic E-state index is 0.0245. The van der Waals surface area contributed by atoms with Crippen LogP contribution in [0.15, 0.2) is 28.9 Å². The van der Waals surface area contributed by atoms with Gasteiger partial charge in [0.2, 0.25) is 5.91 Å². The lowest BCUT2D eigenvalue weighted by Crippen LogP contribution is -2.39. The van der Waals surface area contributed by atoms with E-state index in [0.29, 0.717) is 25.2 Å². The second kappa shape index (κ2) is 8.56. The summed E-state index contributed by atoms with van der Waals surface area (Å²) in [6.45, 7) is 3.42. The average molecular weight is 386 g/mol. The maximum absolute atomic E-state index is 13.2. The van der Waals surface area contributed by atoms with Crippen molar-refractivity contribution in [2.24, 2.45) is 5.92 Å². The van der Waals surface area contributed by atoms with Gasteiger partial charge in [0.1, 0.15) is 11.3 Å². The fraction of sp³-hybridized carbons (Fsp3) is 0.609. The first kappa shape index (κ1) is 19.3. The van der Waals surface area contributed by atoms with Crippen LogP contribution in [0, 0.1) is 5.92 Å². The van der Waals surface area contributed by atoms with Gasteiger partial charge in [0.15, 0.2) is 0 Å². The van der Waals surface area contributed by atoms with Crippen LogP contribution in [-0.2, 0) is 9.53 Å². The summed E-state index contributed by atoms with van der Waals surface area (Å²) < 4.78 is 16.8. The zero-order valence-corrected chi connectivity index (χ0v) is 17.0. The van der Waals surface area contributed by atoms with Crippen molar-refractivity contribution in [3.63, 3.8) is 0 Å². The first-order chi connectivity index (χ1) is 13.7. The van der Waals surface area contributed by atoms with E-state index in [1.54, 1.807) is 13.4 Å². The Morgan fingerprint density at radius 1 is 1.21 bits per heavy atom. The van der Waals surface area contributed by atoms with Crippen molar-refractivity contribution in [1.82, 2.24) is 4.90 Å². The topological polar surface area (TPSA) is 51.9 Å². The number of carbonyl (C=O) groups excluding carboxylic acids is 1. The minimum Gasteiger partial charge on any atom is -0.493 e. The molecule has 0 radical (unpaired) electrons. The highest BCUT2D eigenvalue weighted by Gasteiger charge is 2.39. The Bertz CT molecular complexity index is 804. The molecule has 1 heterocycles. The summed E-state index contributed by atoms with van der Waals surface area (Å²) in [6.07, 6.45) is 9.22. The van der Waals surface area contributed by atoms with Crippen LogP contribution >= 0.6 is 0 Å². The van der Waals surface area contributed by atoms with Crippen LogP contribution in [0.4, 0.5) is 0 Å². The molecule has 5 nitrogen and oxygen atoms in total. The Labute approximate surface area is 167 Å². The molecule has 1 aromatic heterocycles. The van der Waals surface area contributed by atoms with Gasteiger partial charge in [-0.15, -0.1) is 0 Å². The van der Waals surface area contributed by atoms with Gasteiger partial charge < -0.3 is 18.8 Å². The molecule has 2 fully saturated rings. The number of nitrogens with zero attached hydrogens (tertiary/aromatic N) is 1.